The Kier molecular flexibility index (Phi) is 6.99. The highest BCUT2D eigenvalue weighted by atomic mass is 32.1. The number of para-hydroxylation sites is 1. The molecule has 170 valence electrons. The van der Waals surface area contributed by atoms with Gasteiger partial charge in [0, 0.05) is 31.0 Å². The number of nitrogens with zero attached hydrogens (tertiary/aromatic N) is 4. The lowest BCUT2D eigenvalue weighted by Gasteiger charge is -2.20. The summed E-state index contributed by atoms with van der Waals surface area (Å²) in [4.78, 5) is 35.8. The lowest BCUT2D eigenvalue weighted by molar-refractivity contribution is 0.0600. The lowest BCUT2D eigenvalue weighted by Crippen LogP contribution is -2.32. The second kappa shape index (κ2) is 10.3. The molecule has 0 bridgehead atoms. The summed E-state index contributed by atoms with van der Waals surface area (Å²) in [6.07, 6.45) is 6.10. The van der Waals surface area contributed by atoms with Gasteiger partial charge in [0.15, 0.2) is 5.13 Å². The Bertz CT molecular complexity index is 1240. The zero-order chi connectivity index (χ0) is 23.2. The quantitative estimate of drug-likeness (QED) is 0.341. The third-order valence-electron chi connectivity index (χ3n) is 5.06. The fourth-order valence-electron chi connectivity index (χ4n) is 3.44. The highest BCUT2D eigenvalue weighted by molar-refractivity contribution is 7.22. The van der Waals surface area contributed by atoms with Gasteiger partial charge in [-0.1, -0.05) is 17.4 Å². The predicted molar refractivity (Wildman–Crippen MR) is 127 cm³/mol. The third-order valence-corrected chi connectivity index (χ3v) is 6.10. The largest absolute Gasteiger partial charge is 0.492 e. The van der Waals surface area contributed by atoms with Crippen molar-refractivity contribution in [2.45, 2.75) is 19.9 Å². The molecule has 4 rings (SSSR count). The molecule has 0 spiro atoms. The molecule has 0 aliphatic rings. The third kappa shape index (κ3) is 5.04. The van der Waals surface area contributed by atoms with Gasteiger partial charge < -0.3 is 14.0 Å². The van der Waals surface area contributed by atoms with Gasteiger partial charge in [-0.3, -0.25) is 9.69 Å². The number of aromatic nitrogens is 3. The molecule has 0 aliphatic heterocycles. The number of carbonyl (C=O) groups is 2. The molecule has 0 aliphatic carbocycles. The minimum absolute atomic E-state index is 0.186. The van der Waals surface area contributed by atoms with Crippen LogP contribution in [0.15, 0.2) is 61.2 Å². The highest BCUT2D eigenvalue weighted by Crippen LogP contribution is 2.35. The van der Waals surface area contributed by atoms with Gasteiger partial charge in [-0.25, -0.2) is 14.8 Å². The summed E-state index contributed by atoms with van der Waals surface area (Å²) in [7, 11) is 1.33. The molecule has 1 amide bonds. The van der Waals surface area contributed by atoms with E-state index in [2.05, 4.69) is 4.98 Å². The molecule has 0 atom stereocenters. The number of anilines is 1. The fourth-order valence-corrected chi connectivity index (χ4v) is 4.44. The van der Waals surface area contributed by atoms with Crippen LogP contribution in [-0.4, -0.2) is 46.7 Å². The number of thiazole rings is 1. The van der Waals surface area contributed by atoms with Crippen LogP contribution in [0.4, 0.5) is 5.13 Å². The lowest BCUT2D eigenvalue weighted by atomic mass is 10.1. The van der Waals surface area contributed by atoms with Crippen molar-refractivity contribution in [2.75, 3.05) is 25.2 Å². The number of methoxy groups -OCH3 is 1. The minimum atomic E-state index is -0.444. The van der Waals surface area contributed by atoms with Gasteiger partial charge in [0.25, 0.3) is 5.91 Å². The van der Waals surface area contributed by atoms with Crippen molar-refractivity contribution >= 4 is 38.6 Å². The number of imidazole rings is 1. The van der Waals surface area contributed by atoms with Crippen molar-refractivity contribution < 1.29 is 19.1 Å². The van der Waals surface area contributed by atoms with E-state index in [0.717, 1.165) is 23.2 Å². The topological polar surface area (TPSA) is 86.6 Å². The first kappa shape index (κ1) is 22.5. The minimum Gasteiger partial charge on any atom is -0.492 e. The van der Waals surface area contributed by atoms with Gasteiger partial charge in [-0.05, 0) is 49.7 Å². The van der Waals surface area contributed by atoms with E-state index in [-0.39, 0.29) is 5.91 Å². The number of carbonyl (C=O) groups excluding carboxylic acids is 2. The Balaban J connectivity index is 1.64. The van der Waals surface area contributed by atoms with Gasteiger partial charge >= 0.3 is 5.97 Å². The number of hydrogen-bond acceptors (Lipinski definition) is 7. The van der Waals surface area contributed by atoms with Crippen LogP contribution in [0.5, 0.6) is 5.75 Å². The molecule has 2 aromatic carbocycles. The molecule has 0 radical (unpaired) electrons. The smallest absolute Gasteiger partial charge is 0.337 e. The van der Waals surface area contributed by atoms with E-state index >= 15 is 0 Å². The Morgan fingerprint density at radius 2 is 1.91 bits per heavy atom. The molecule has 0 N–H and O–H groups in total. The van der Waals surface area contributed by atoms with E-state index in [9.17, 15) is 9.59 Å². The van der Waals surface area contributed by atoms with E-state index in [1.54, 1.807) is 41.7 Å². The molecular formula is C24H24N4O4S. The van der Waals surface area contributed by atoms with Crippen LogP contribution in [0.1, 0.15) is 34.1 Å². The summed E-state index contributed by atoms with van der Waals surface area (Å²) in [5, 5.41) is 0.602. The average Bonchev–Trinajstić information content (AvgIpc) is 3.51. The second-order valence-corrected chi connectivity index (χ2v) is 8.22. The van der Waals surface area contributed by atoms with Crippen molar-refractivity contribution in [3.05, 3.63) is 72.3 Å². The zero-order valence-electron chi connectivity index (χ0n) is 18.4. The van der Waals surface area contributed by atoms with Crippen molar-refractivity contribution in [1.29, 1.82) is 0 Å². The first-order valence-corrected chi connectivity index (χ1v) is 11.4. The monoisotopic (exact) mass is 464 g/mol. The molecule has 0 fully saturated rings. The molecule has 9 heteroatoms. The molecular weight excluding hydrogens is 440 g/mol. The SMILES string of the molecule is CCOc1cccc2sc(N(CCCn3ccnc3)C(=O)c3ccc(C(=O)OC)cc3)nc12. The maximum atomic E-state index is 13.5. The average molecular weight is 465 g/mol. The number of amides is 1. The van der Waals surface area contributed by atoms with Gasteiger partial charge in [0.05, 0.1) is 30.3 Å². The van der Waals surface area contributed by atoms with Crippen LogP contribution in [0.25, 0.3) is 10.2 Å². The molecule has 0 saturated carbocycles. The number of ether oxygens (including phenoxy) is 2. The molecule has 0 unspecified atom stereocenters. The van der Waals surface area contributed by atoms with E-state index in [1.165, 1.54) is 18.4 Å². The number of hydrogen-bond donors (Lipinski definition) is 0. The van der Waals surface area contributed by atoms with E-state index in [1.807, 2.05) is 35.9 Å². The van der Waals surface area contributed by atoms with E-state index in [0.29, 0.717) is 35.2 Å². The first-order valence-electron chi connectivity index (χ1n) is 10.6. The van der Waals surface area contributed by atoms with Crippen LogP contribution in [0.2, 0.25) is 0 Å². The zero-order valence-corrected chi connectivity index (χ0v) is 19.2. The van der Waals surface area contributed by atoms with E-state index < -0.39 is 5.97 Å². The standard InChI is InChI=1S/C24H24N4O4S/c1-3-32-19-6-4-7-20-21(19)26-24(33-20)28(14-5-13-27-15-12-25-16-27)22(29)17-8-10-18(11-9-17)23(30)31-2/h4,6-12,15-16H,3,5,13-14H2,1-2H3. The molecule has 0 saturated heterocycles. The maximum absolute atomic E-state index is 13.5. The Morgan fingerprint density at radius 1 is 1.12 bits per heavy atom. The summed E-state index contributed by atoms with van der Waals surface area (Å²) in [6.45, 7) is 3.65. The molecule has 33 heavy (non-hydrogen) atoms. The summed E-state index contributed by atoms with van der Waals surface area (Å²) < 4.78 is 13.4. The molecule has 8 nitrogen and oxygen atoms in total. The van der Waals surface area contributed by atoms with Crippen LogP contribution >= 0.6 is 11.3 Å². The Labute approximate surface area is 195 Å². The molecule has 2 aromatic heterocycles. The number of rotatable bonds is 9. The van der Waals surface area contributed by atoms with Crippen molar-refractivity contribution in [3.63, 3.8) is 0 Å². The van der Waals surface area contributed by atoms with Gasteiger partial charge in [-0.2, -0.15) is 0 Å². The van der Waals surface area contributed by atoms with Crippen LogP contribution in [0, 0.1) is 0 Å². The number of esters is 1. The Morgan fingerprint density at radius 3 is 2.61 bits per heavy atom. The number of fused-ring (bicyclic) bond motifs is 1. The van der Waals surface area contributed by atoms with E-state index in [4.69, 9.17) is 14.5 Å². The van der Waals surface area contributed by atoms with Crippen LogP contribution < -0.4 is 9.64 Å². The predicted octanol–water partition coefficient (Wildman–Crippen LogP) is 4.42. The highest BCUT2D eigenvalue weighted by Gasteiger charge is 2.22. The summed E-state index contributed by atoms with van der Waals surface area (Å²) >= 11 is 1.45. The van der Waals surface area contributed by atoms with Crippen molar-refractivity contribution in [3.8, 4) is 5.75 Å². The second-order valence-electron chi connectivity index (χ2n) is 7.21. The molecule has 4 aromatic rings. The fraction of sp³-hybridized carbons (Fsp3) is 0.250. The maximum Gasteiger partial charge on any atom is 0.337 e. The summed E-state index contributed by atoms with van der Waals surface area (Å²) in [5.41, 5.74) is 1.60. The number of aryl methyl sites for hydroxylation is 1. The Hall–Kier alpha value is -3.72. The van der Waals surface area contributed by atoms with Crippen LogP contribution in [-0.2, 0) is 11.3 Å². The molecule has 2 heterocycles. The van der Waals surface area contributed by atoms with Gasteiger partial charge in [0.1, 0.15) is 11.3 Å². The summed E-state index contributed by atoms with van der Waals surface area (Å²) in [5.74, 6) is 0.0700. The number of benzene rings is 2. The van der Waals surface area contributed by atoms with Crippen molar-refractivity contribution in [2.24, 2.45) is 0 Å². The van der Waals surface area contributed by atoms with Crippen molar-refractivity contribution in [1.82, 2.24) is 14.5 Å². The van der Waals surface area contributed by atoms with Gasteiger partial charge in [0.2, 0.25) is 0 Å². The van der Waals surface area contributed by atoms with Gasteiger partial charge in [-0.15, -0.1) is 0 Å². The first-order chi connectivity index (χ1) is 16.1. The normalized spacial score (nSPS) is 10.8. The van der Waals surface area contributed by atoms with Crippen LogP contribution in [0.3, 0.4) is 0 Å². The summed E-state index contributed by atoms with van der Waals surface area (Å²) in [6, 6.07) is 12.2.